The summed E-state index contributed by atoms with van der Waals surface area (Å²) in [7, 11) is 0. The molecule has 0 aromatic heterocycles. The molecule has 0 aromatic rings. The van der Waals surface area contributed by atoms with Gasteiger partial charge in [0.15, 0.2) is 76.5 Å². The fourth-order valence-corrected chi connectivity index (χ4v) is 8.88. The van der Waals surface area contributed by atoms with Crippen LogP contribution in [0.1, 0.15) is 58.8 Å². The third-order valence-electron chi connectivity index (χ3n) is 14.0. The quantitative estimate of drug-likeness (QED) is 0.0768. The van der Waals surface area contributed by atoms with E-state index in [9.17, 15) is 148 Å². The number of ether oxygens (including phenoxy) is 10. The molecule has 24 unspecified atom stereocenters. The number of rotatable bonds is 14. The lowest BCUT2D eigenvalue weighted by molar-refractivity contribution is -0.338. The van der Waals surface area contributed by atoms with Crippen molar-refractivity contribution in [2.24, 2.45) is 5.92 Å². The van der Waals surface area contributed by atoms with Crippen LogP contribution in [0.5, 0.6) is 0 Å². The van der Waals surface area contributed by atoms with Gasteiger partial charge in [-0.3, -0.25) is 0 Å². The standard InChI is InChI=1S/C51H88O39/c1-17(2)3-4-20-28(61)35(68)45(76)81-18(14-56)13-19(59)27(60)44(75)89-42-25(15-57)88-51(41(74)33(42)66)86-24(8-12-55)32(65)38(71)48(79)83-22(6-10-53)30(63)36(69)46(77)82-21(5-9-52)29(62)37(70)47(78)84-23(7-11-54)31(64)39(72)49(80)90-43-26(16-58)87-50(85-20)40(73)34(43)67/h17-27,33-34,40-80H,3-16H2,1-2H3/b35-28+,36-30+,37-29+,38-32+,39-31+. The van der Waals surface area contributed by atoms with Crippen LogP contribution in [0.25, 0.3) is 0 Å². The Morgan fingerprint density at radius 2 is 0.622 bits per heavy atom. The van der Waals surface area contributed by atoms with E-state index in [4.69, 9.17) is 47.4 Å². The van der Waals surface area contributed by atoms with Crippen molar-refractivity contribution in [2.45, 2.75) is 207 Å². The molecule has 0 aromatic carbocycles. The topological polar surface area (TPSA) is 679 Å². The van der Waals surface area contributed by atoms with Gasteiger partial charge in [-0.15, -0.1) is 0 Å². The minimum atomic E-state index is -2.88. The fourth-order valence-electron chi connectivity index (χ4n) is 8.88. The Morgan fingerprint density at radius 3 is 0.933 bits per heavy atom. The van der Waals surface area contributed by atoms with Crippen LogP contribution in [0.4, 0.5) is 0 Å². The Bertz CT molecular complexity index is 2280. The molecule has 4 bridgehead atoms. The van der Waals surface area contributed by atoms with Gasteiger partial charge in [0.1, 0.15) is 85.5 Å². The van der Waals surface area contributed by atoms with Crippen LogP contribution >= 0.6 is 0 Å². The highest BCUT2D eigenvalue weighted by Gasteiger charge is 2.51. The van der Waals surface area contributed by atoms with E-state index in [1.54, 1.807) is 13.8 Å². The molecule has 39 heteroatoms. The van der Waals surface area contributed by atoms with Crippen molar-refractivity contribution in [3.05, 3.63) is 57.6 Å². The van der Waals surface area contributed by atoms with Crippen molar-refractivity contribution < 1.29 is 195 Å². The molecule has 29 N–H and O–H groups in total. The Balaban J connectivity index is 2.17. The molecule has 5 aliphatic rings. The lowest BCUT2D eigenvalue weighted by Gasteiger charge is -2.43. The van der Waals surface area contributed by atoms with Gasteiger partial charge >= 0.3 is 0 Å². The first-order chi connectivity index (χ1) is 42.3. The van der Waals surface area contributed by atoms with E-state index in [1.165, 1.54) is 0 Å². The summed E-state index contributed by atoms with van der Waals surface area (Å²) in [6, 6.07) is 0. The smallest absolute Gasteiger partial charge is 0.218 e. The molecule has 5 heterocycles. The first kappa shape index (κ1) is 79.8. The number of hydrogen-bond donors (Lipinski definition) is 29. The summed E-state index contributed by atoms with van der Waals surface area (Å²) < 4.78 is 53.1. The van der Waals surface area contributed by atoms with Crippen molar-refractivity contribution in [3.63, 3.8) is 0 Å². The number of aliphatic hydroxyl groups excluding tert-OH is 29. The molecule has 39 nitrogen and oxygen atoms in total. The molecule has 0 spiro atoms. The van der Waals surface area contributed by atoms with Gasteiger partial charge in [-0.1, -0.05) is 13.8 Å². The van der Waals surface area contributed by atoms with Gasteiger partial charge in [-0.25, -0.2) is 0 Å². The van der Waals surface area contributed by atoms with Crippen molar-refractivity contribution in [2.75, 3.05) is 46.2 Å². The first-order valence-electron chi connectivity index (χ1n) is 27.9. The molecule has 5 rings (SSSR count). The van der Waals surface area contributed by atoms with E-state index in [0.29, 0.717) is 0 Å². The van der Waals surface area contributed by atoms with E-state index in [-0.39, 0.29) is 18.8 Å². The van der Waals surface area contributed by atoms with E-state index in [1.807, 2.05) is 0 Å². The van der Waals surface area contributed by atoms with Gasteiger partial charge in [-0.2, -0.15) is 0 Å². The van der Waals surface area contributed by atoms with Crippen LogP contribution in [0.3, 0.4) is 0 Å². The van der Waals surface area contributed by atoms with Gasteiger partial charge in [-0.05, 0) is 18.8 Å². The van der Waals surface area contributed by atoms with Gasteiger partial charge in [0.25, 0.3) is 0 Å². The lowest BCUT2D eigenvalue weighted by atomic mass is 9.98. The maximum atomic E-state index is 11.3. The van der Waals surface area contributed by atoms with Crippen LogP contribution in [0.15, 0.2) is 57.6 Å². The van der Waals surface area contributed by atoms with E-state index >= 15 is 0 Å². The van der Waals surface area contributed by atoms with E-state index in [2.05, 4.69) is 0 Å². The second kappa shape index (κ2) is 38.0. The third kappa shape index (κ3) is 21.5. The fraction of sp³-hybridized carbons (Fsp3) is 0.804. The number of aliphatic hydroxyl groups is 29. The Morgan fingerprint density at radius 1 is 0.322 bits per heavy atom. The van der Waals surface area contributed by atoms with E-state index in [0.717, 1.165) is 0 Å². The Hall–Kier alpha value is -4.46. The summed E-state index contributed by atoms with van der Waals surface area (Å²) in [4.78, 5) is 0. The van der Waals surface area contributed by atoms with Gasteiger partial charge in [0.05, 0.1) is 32.0 Å². The van der Waals surface area contributed by atoms with Crippen LogP contribution in [-0.2, 0) is 47.4 Å². The zero-order chi connectivity index (χ0) is 68.2. The van der Waals surface area contributed by atoms with Crippen LogP contribution < -0.4 is 0 Å². The zero-order valence-electron chi connectivity index (χ0n) is 48.4. The van der Waals surface area contributed by atoms with Crippen LogP contribution in [0.2, 0.25) is 0 Å². The van der Waals surface area contributed by atoms with Crippen LogP contribution in [0, 0.1) is 5.92 Å². The highest BCUT2D eigenvalue weighted by molar-refractivity contribution is 5.14. The highest BCUT2D eigenvalue weighted by atomic mass is 16.7. The molecule has 2 fully saturated rings. The minimum Gasteiger partial charge on any atom is -0.506 e. The summed E-state index contributed by atoms with van der Waals surface area (Å²) in [6.07, 6.45) is -59.9. The predicted molar refractivity (Wildman–Crippen MR) is 287 cm³/mol. The van der Waals surface area contributed by atoms with Crippen molar-refractivity contribution in [1.82, 2.24) is 0 Å². The molecule has 5 aliphatic heterocycles. The molecule has 526 valence electrons. The predicted octanol–water partition coefficient (Wildman–Crippen LogP) is -7.42. The van der Waals surface area contributed by atoms with Gasteiger partial charge < -0.3 is 195 Å². The summed E-state index contributed by atoms with van der Waals surface area (Å²) in [5.74, 6) is -15.6. The van der Waals surface area contributed by atoms with E-state index < -0.39 is 284 Å². The molecular formula is C51H88O39. The summed E-state index contributed by atoms with van der Waals surface area (Å²) in [5.41, 5.74) is 0. The average molecular weight is 1330 g/mol. The number of fused-ring (bicyclic) bond motifs is 2. The highest BCUT2D eigenvalue weighted by Crippen LogP contribution is 2.33. The van der Waals surface area contributed by atoms with Gasteiger partial charge in [0, 0.05) is 58.5 Å². The van der Waals surface area contributed by atoms with Crippen molar-refractivity contribution in [3.8, 4) is 0 Å². The lowest BCUT2D eigenvalue weighted by Crippen LogP contribution is -2.62. The zero-order valence-corrected chi connectivity index (χ0v) is 48.4. The first-order valence-corrected chi connectivity index (χ1v) is 27.9. The summed E-state index contributed by atoms with van der Waals surface area (Å²) >= 11 is 0. The maximum absolute atomic E-state index is 11.3. The third-order valence-corrected chi connectivity index (χ3v) is 14.0. The monoisotopic (exact) mass is 1320 g/mol. The molecular weight excluding hydrogens is 1240 g/mol. The second-order valence-corrected chi connectivity index (χ2v) is 21.0. The maximum Gasteiger partial charge on any atom is 0.218 e. The largest absolute Gasteiger partial charge is 0.506 e. The van der Waals surface area contributed by atoms with Crippen molar-refractivity contribution >= 4 is 0 Å². The molecule has 0 amide bonds. The van der Waals surface area contributed by atoms with Crippen molar-refractivity contribution in [1.29, 1.82) is 0 Å². The minimum absolute atomic E-state index is 0.131. The molecule has 0 radical (unpaired) electrons. The summed E-state index contributed by atoms with van der Waals surface area (Å²) in [6.45, 7) is -4.02. The second-order valence-electron chi connectivity index (χ2n) is 21.0. The number of hydrogen-bond acceptors (Lipinski definition) is 39. The SMILES string of the molecule is CC(C)CCC1OC2OC(CO)C(OC(O)/C(O)=C(\O)C(CCO)OC(O)/C(O)=C(\O)C(CCO)OC(O)/C(O)=C(\O)C(CCO)OC(O)/C(O)=C(\O)C(CCO)OC3OC(CO)C(OC(O)C(O)C(O)CC(CO)OC(O)/C(O)=C/1O)C(O)C3O)C(O)C2O. The van der Waals surface area contributed by atoms with Gasteiger partial charge in [0.2, 0.25) is 31.5 Å². The summed E-state index contributed by atoms with van der Waals surface area (Å²) in [5, 5.41) is 310. The normalized spacial score (nSPS) is 42.7. The molecule has 0 saturated carbocycles. The molecule has 0 aliphatic carbocycles. The van der Waals surface area contributed by atoms with Crippen LogP contribution in [-0.4, -0.2) is 342 Å². The average Bonchev–Trinajstić information content (AvgIpc) is 0.830. The Labute approximate surface area is 511 Å². The Kier molecular flexibility index (Phi) is 33.7. The molecule has 90 heavy (non-hydrogen) atoms. The molecule has 24 atom stereocenters. The molecule has 2 saturated heterocycles.